The van der Waals surface area contributed by atoms with Crippen LogP contribution in [0.1, 0.15) is 61.3 Å². The average Bonchev–Trinajstić information content (AvgIpc) is 3.14. The molecular formula is C24H32O8. The molecule has 0 bridgehead atoms. The second kappa shape index (κ2) is 8.37. The van der Waals surface area contributed by atoms with E-state index in [9.17, 15) is 19.2 Å². The van der Waals surface area contributed by atoms with Gasteiger partial charge in [-0.3, -0.25) is 9.59 Å². The van der Waals surface area contributed by atoms with Crippen LogP contribution in [0, 0.1) is 17.8 Å². The zero-order valence-corrected chi connectivity index (χ0v) is 19.7. The second-order valence-electron chi connectivity index (χ2n) is 9.44. The van der Waals surface area contributed by atoms with Gasteiger partial charge in [0.25, 0.3) is 0 Å². The van der Waals surface area contributed by atoms with E-state index in [1.54, 1.807) is 19.9 Å². The van der Waals surface area contributed by atoms with Crippen LogP contribution in [0.5, 0.6) is 0 Å². The molecule has 0 aromatic carbocycles. The van der Waals surface area contributed by atoms with E-state index in [0.29, 0.717) is 12.0 Å². The summed E-state index contributed by atoms with van der Waals surface area (Å²) in [5, 5.41) is 0. The molecule has 0 radical (unpaired) electrons. The van der Waals surface area contributed by atoms with Crippen LogP contribution in [-0.2, 0) is 38.1 Å². The van der Waals surface area contributed by atoms with Gasteiger partial charge in [-0.05, 0) is 41.0 Å². The minimum atomic E-state index is -1.64. The molecule has 7 atom stereocenters. The molecule has 0 aromatic rings. The van der Waals surface area contributed by atoms with Crippen molar-refractivity contribution in [1.29, 1.82) is 0 Å². The molecule has 3 rings (SSSR count). The fraction of sp³-hybridized carbons (Fsp3) is 0.667. The van der Waals surface area contributed by atoms with Crippen LogP contribution in [0.25, 0.3) is 0 Å². The molecule has 1 heterocycles. The van der Waals surface area contributed by atoms with Crippen molar-refractivity contribution in [2.45, 2.75) is 84.7 Å². The van der Waals surface area contributed by atoms with Crippen LogP contribution in [-0.4, -0.2) is 47.3 Å². The summed E-state index contributed by atoms with van der Waals surface area (Å²) >= 11 is 0. The van der Waals surface area contributed by atoms with Crippen LogP contribution in [0.4, 0.5) is 0 Å². The summed E-state index contributed by atoms with van der Waals surface area (Å²) in [6, 6.07) is 0. The molecule has 8 heteroatoms. The third-order valence-electron chi connectivity index (χ3n) is 7.18. The molecule has 2 aliphatic carbocycles. The summed E-state index contributed by atoms with van der Waals surface area (Å²) in [7, 11) is 0. The first-order valence-corrected chi connectivity index (χ1v) is 10.9. The van der Waals surface area contributed by atoms with E-state index in [0.717, 1.165) is 5.57 Å². The predicted octanol–water partition coefficient (Wildman–Crippen LogP) is 3.04. The lowest BCUT2D eigenvalue weighted by Crippen LogP contribution is -2.51. The normalized spacial score (nSPS) is 38.6. The quantitative estimate of drug-likeness (QED) is 0.280. The minimum Gasteiger partial charge on any atom is -0.459 e. The molecule has 0 spiro atoms. The van der Waals surface area contributed by atoms with Crippen LogP contribution < -0.4 is 0 Å². The maximum Gasteiger partial charge on any atom is 0.351 e. The monoisotopic (exact) mass is 448 g/mol. The molecule has 1 saturated heterocycles. The highest BCUT2D eigenvalue weighted by molar-refractivity contribution is 5.88. The van der Waals surface area contributed by atoms with Crippen molar-refractivity contribution < 1.29 is 38.1 Å². The van der Waals surface area contributed by atoms with Gasteiger partial charge in [0.05, 0.1) is 5.92 Å². The first-order valence-electron chi connectivity index (χ1n) is 10.9. The number of ether oxygens (including phenoxy) is 4. The van der Waals surface area contributed by atoms with E-state index in [1.807, 2.05) is 13.8 Å². The van der Waals surface area contributed by atoms with Gasteiger partial charge in [0, 0.05) is 37.7 Å². The molecule has 1 saturated carbocycles. The number of rotatable bonds is 4. The number of carbonyl (C=O) groups excluding carboxylic acids is 4. The molecule has 176 valence electrons. The Kier molecular flexibility index (Phi) is 6.28. The van der Waals surface area contributed by atoms with Crippen molar-refractivity contribution in [3.63, 3.8) is 0 Å². The number of esters is 4. The first kappa shape index (κ1) is 24.0. The Morgan fingerprint density at radius 2 is 1.75 bits per heavy atom. The summed E-state index contributed by atoms with van der Waals surface area (Å²) in [6.45, 7) is 11.2. The largest absolute Gasteiger partial charge is 0.459 e. The molecule has 2 fully saturated rings. The molecule has 0 aromatic heterocycles. The maximum atomic E-state index is 13.0. The fourth-order valence-corrected chi connectivity index (χ4v) is 5.65. The third kappa shape index (κ3) is 3.95. The van der Waals surface area contributed by atoms with Crippen molar-refractivity contribution >= 4 is 23.9 Å². The minimum absolute atomic E-state index is 0.145. The molecule has 1 aliphatic heterocycles. The smallest absolute Gasteiger partial charge is 0.351 e. The first-order chi connectivity index (χ1) is 14.8. The number of allylic oxidation sites excluding steroid dienone is 2. The van der Waals surface area contributed by atoms with E-state index in [1.165, 1.54) is 20.8 Å². The zero-order valence-electron chi connectivity index (χ0n) is 19.7. The van der Waals surface area contributed by atoms with E-state index >= 15 is 0 Å². The molecule has 0 N–H and O–H groups in total. The van der Waals surface area contributed by atoms with E-state index in [-0.39, 0.29) is 18.3 Å². The van der Waals surface area contributed by atoms with Gasteiger partial charge in [-0.1, -0.05) is 17.7 Å². The molecule has 32 heavy (non-hydrogen) atoms. The summed E-state index contributed by atoms with van der Waals surface area (Å²) in [5.74, 6) is -3.51. The molecule has 0 unspecified atom stereocenters. The zero-order chi connectivity index (χ0) is 24.0. The van der Waals surface area contributed by atoms with Gasteiger partial charge in [0.1, 0.15) is 17.8 Å². The Hall–Kier alpha value is -2.64. The lowest BCUT2D eigenvalue weighted by Gasteiger charge is -2.38. The van der Waals surface area contributed by atoms with Gasteiger partial charge >= 0.3 is 23.9 Å². The summed E-state index contributed by atoms with van der Waals surface area (Å²) < 4.78 is 23.1. The lowest BCUT2D eigenvalue weighted by atomic mass is 9.75. The van der Waals surface area contributed by atoms with E-state index < -0.39 is 53.2 Å². The number of fused-ring (bicyclic) bond motifs is 3. The number of hydrogen-bond acceptors (Lipinski definition) is 8. The Labute approximate surface area is 188 Å². The summed E-state index contributed by atoms with van der Waals surface area (Å²) in [5.41, 5.74) is -1.22. The predicted molar refractivity (Wildman–Crippen MR) is 113 cm³/mol. The highest BCUT2D eigenvalue weighted by Gasteiger charge is 2.68. The Bertz CT molecular complexity index is 902. The van der Waals surface area contributed by atoms with Crippen LogP contribution >= 0.6 is 0 Å². The number of hydrogen-bond donors (Lipinski definition) is 0. The van der Waals surface area contributed by atoms with Crippen molar-refractivity contribution in [3.05, 3.63) is 23.3 Å². The topological polar surface area (TPSA) is 105 Å². The molecule has 0 amide bonds. The van der Waals surface area contributed by atoms with Gasteiger partial charge in [-0.15, -0.1) is 0 Å². The van der Waals surface area contributed by atoms with Crippen molar-refractivity contribution in [1.82, 2.24) is 0 Å². The molecule has 8 nitrogen and oxygen atoms in total. The summed E-state index contributed by atoms with van der Waals surface area (Å²) in [6.07, 6.45) is 2.87. The van der Waals surface area contributed by atoms with Crippen molar-refractivity contribution in [2.75, 3.05) is 0 Å². The fourth-order valence-electron chi connectivity index (χ4n) is 5.65. The second-order valence-corrected chi connectivity index (χ2v) is 9.44. The third-order valence-corrected chi connectivity index (χ3v) is 7.18. The standard InChI is InChI=1S/C24H32O8/c1-8-12(2)21(27)29-17-11-23(6,31-14(4)25)16-10-9-13(3)18(16)20-19(17)24(7,22(28)30-20)32-15(5)26/h8-9,16-20H,10-11H2,1-7H3/b12-8-/t16-,17-,18+,19+,20-,23-,24-/m0/s1. The lowest BCUT2D eigenvalue weighted by molar-refractivity contribution is -0.182. The Morgan fingerprint density at radius 3 is 2.31 bits per heavy atom. The van der Waals surface area contributed by atoms with Crippen molar-refractivity contribution in [2.24, 2.45) is 17.8 Å². The van der Waals surface area contributed by atoms with Crippen LogP contribution in [0.3, 0.4) is 0 Å². The van der Waals surface area contributed by atoms with Gasteiger partial charge in [-0.2, -0.15) is 0 Å². The molecule has 3 aliphatic rings. The maximum absolute atomic E-state index is 13.0. The van der Waals surface area contributed by atoms with Crippen molar-refractivity contribution in [3.8, 4) is 0 Å². The van der Waals surface area contributed by atoms with Gasteiger partial charge in [0.15, 0.2) is 0 Å². The van der Waals surface area contributed by atoms with E-state index in [2.05, 4.69) is 6.08 Å². The Balaban J connectivity index is 2.16. The van der Waals surface area contributed by atoms with Gasteiger partial charge in [-0.25, -0.2) is 9.59 Å². The van der Waals surface area contributed by atoms with Crippen LogP contribution in [0.2, 0.25) is 0 Å². The van der Waals surface area contributed by atoms with E-state index in [4.69, 9.17) is 18.9 Å². The Morgan fingerprint density at radius 1 is 1.12 bits per heavy atom. The van der Waals surface area contributed by atoms with Gasteiger partial charge < -0.3 is 18.9 Å². The van der Waals surface area contributed by atoms with Gasteiger partial charge in [0.2, 0.25) is 5.60 Å². The number of carbonyl (C=O) groups is 4. The molecular weight excluding hydrogens is 416 g/mol. The average molecular weight is 449 g/mol. The summed E-state index contributed by atoms with van der Waals surface area (Å²) in [4.78, 5) is 49.7. The highest BCUT2D eigenvalue weighted by atomic mass is 16.6. The highest BCUT2D eigenvalue weighted by Crippen LogP contribution is 2.55. The SMILES string of the molecule is C/C=C(/C)C(=O)O[C@H]1C[C@](C)(OC(C)=O)[C@H]2CC=C(C)[C@H]2[C@@H]2OC(=O)[C@@](C)(OC(C)=O)[C@@H]21. The van der Waals surface area contributed by atoms with Crippen LogP contribution in [0.15, 0.2) is 23.3 Å².